The molecule has 0 nitrogen and oxygen atoms in total. The zero-order valence-electron chi connectivity index (χ0n) is 8.44. The minimum atomic E-state index is 0.916. The molecule has 0 saturated carbocycles. The van der Waals surface area contributed by atoms with Crippen LogP contribution in [0.3, 0.4) is 0 Å². The van der Waals surface area contributed by atoms with Crippen molar-refractivity contribution in [2.24, 2.45) is 0 Å². The Morgan fingerprint density at radius 2 is 1.47 bits per heavy atom. The van der Waals surface area contributed by atoms with E-state index in [1.54, 1.807) is 0 Å². The van der Waals surface area contributed by atoms with Gasteiger partial charge in [-0.2, -0.15) is 0 Å². The number of benzene rings is 2. The summed E-state index contributed by atoms with van der Waals surface area (Å²) < 4.78 is 0. The molecular formula is C13H12S2. The van der Waals surface area contributed by atoms with E-state index in [2.05, 4.69) is 50.4 Å². The Kier molecular flexibility index (Phi) is 3.08. The Hall–Kier alpha value is -0.860. The van der Waals surface area contributed by atoms with Crippen LogP contribution in [-0.2, 0) is 0 Å². The van der Waals surface area contributed by atoms with E-state index in [9.17, 15) is 0 Å². The topological polar surface area (TPSA) is 0 Å². The Morgan fingerprint density at radius 3 is 2.20 bits per heavy atom. The lowest BCUT2D eigenvalue weighted by Gasteiger charge is -2.09. The van der Waals surface area contributed by atoms with Crippen molar-refractivity contribution in [3.8, 4) is 11.1 Å². The summed E-state index contributed by atoms with van der Waals surface area (Å²) in [5, 5.41) is 0. The Labute approximate surface area is 101 Å². The van der Waals surface area contributed by atoms with Crippen LogP contribution in [0.4, 0.5) is 0 Å². The molecule has 0 unspecified atom stereocenters. The second-order valence-corrected chi connectivity index (χ2v) is 4.42. The summed E-state index contributed by atoms with van der Waals surface area (Å²) in [7, 11) is 0. The summed E-state index contributed by atoms with van der Waals surface area (Å²) in [4.78, 5) is 1.86. The Morgan fingerprint density at radius 1 is 0.800 bits per heavy atom. The normalized spacial score (nSPS) is 10.3. The van der Waals surface area contributed by atoms with Gasteiger partial charge in [0.1, 0.15) is 0 Å². The average molecular weight is 232 g/mol. The van der Waals surface area contributed by atoms with Gasteiger partial charge in [0.15, 0.2) is 0 Å². The van der Waals surface area contributed by atoms with Gasteiger partial charge in [-0.05, 0) is 29.7 Å². The van der Waals surface area contributed by atoms with Gasteiger partial charge in [-0.3, -0.25) is 0 Å². The predicted molar refractivity (Wildman–Crippen MR) is 71.1 cm³/mol. The summed E-state index contributed by atoms with van der Waals surface area (Å²) in [6.07, 6.45) is 0. The van der Waals surface area contributed by atoms with Crippen LogP contribution in [0, 0.1) is 6.92 Å². The smallest absolute Gasteiger partial charge is 0.0253 e. The van der Waals surface area contributed by atoms with Gasteiger partial charge >= 0.3 is 0 Å². The number of rotatable bonds is 1. The second-order valence-electron chi connectivity index (χ2n) is 3.49. The van der Waals surface area contributed by atoms with Crippen LogP contribution >= 0.6 is 25.3 Å². The molecular weight excluding hydrogens is 220 g/mol. The fraction of sp³-hybridized carbons (Fsp3) is 0.0769. The molecule has 0 amide bonds. The van der Waals surface area contributed by atoms with E-state index in [1.165, 1.54) is 11.1 Å². The summed E-state index contributed by atoms with van der Waals surface area (Å²) in [6.45, 7) is 2.10. The van der Waals surface area contributed by atoms with Crippen LogP contribution in [0.5, 0.6) is 0 Å². The van der Waals surface area contributed by atoms with Crippen molar-refractivity contribution in [3.63, 3.8) is 0 Å². The highest BCUT2D eigenvalue weighted by Crippen LogP contribution is 2.32. The van der Waals surface area contributed by atoms with Crippen LogP contribution in [0.1, 0.15) is 5.56 Å². The maximum absolute atomic E-state index is 4.49. The first kappa shape index (κ1) is 10.7. The van der Waals surface area contributed by atoms with Crippen molar-refractivity contribution in [1.82, 2.24) is 0 Å². The third kappa shape index (κ3) is 2.06. The third-order valence-corrected chi connectivity index (χ3v) is 3.48. The fourth-order valence-electron chi connectivity index (χ4n) is 1.62. The standard InChI is InChI=1S/C13H12S2/c1-9-5-2-3-6-10(9)11-7-4-8-12(14)13(11)15/h2-8,14-15H,1H3. The van der Waals surface area contributed by atoms with Crippen molar-refractivity contribution in [2.75, 3.05) is 0 Å². The van der Waals surface area contributed by atoms with E-state index in [0.717, 1.165) is 15.4 Å². The quantitative estimate of drug-likeness (QED) is 0.675. The largest absolute Gasteiger partial charge is 0.142 e. The summed E-state index contributed by atoms with van der Waals surface area (Å²) in [5.74, 6) is 0. The van der Waals surface area contributed by atoms with Gasteiger partial charge in [0.2, 0.25) is 0 Å². The van der Waals surface area contributed by atoms with Gasteiger partial charge in [0.05, 0.1) is 0 Å². The zero-order chi connectivity index (χ0) is 10.8. The molecule has 0 aromatic heterocycles. The monoisotopic (exact) mass is 232 g/mol. The molecule has 2 rings (SSSR count). The van der Waals surface area contributed by atoms with Gasteiger partial charge in [-0.1, -0.05) is 36.4 Å². The lowest BCUT2D eigenvalue weighted by molar-refractivity contribution is 1.26. The first-order valence-corrected chi connectivity index (χ1v) is 5.66. The molecule has 0 radical (unpaired) electrons. The van der Waals surface area contributed by atoms with E-state index >= 15 is 0 Å². The van der Waals surface area contributed by atoms with E-state index in [4.69, 9.17) is 0 Å². The maximum atomic E-state index is 4.49. The third-order valence-electron chi connectivity index (χ3n) is 2.45. The summed E-state index contributed by atoms with van der Waals surface area (Å²) in [5.41, 5.74) is 3.62. The minimum Gasteiger partial charge on any atom is -0.142 e. The molecule has 2 aromatic rings. The van der Waals surface area contributed by atoms with Crippen molar-refractivity contribution >= 4 is 25.3 Å². The van der Waals surface area contributed by atoms with Gasteiger partial charge < -0.3 is 0 Å². The molecule has 0 N–H and O–H groups in total. The average Bonchev–Trinajstić information content (AvgIpc) is 2.23. The van der Waals surface area contributed by atoms with E-state index in [0.29, 0.717) is 0 Å². The highest BCUT2D eigenvalue weighted by atomic mass is 32.1. The van der Waals surface area contributed by atoms with E-state index < -0.39 is 0 Å². The highest BCUT2D eigenvalue weighted by Gasteiger charge is 2.06. The molecule has 0 atom stereocenters. The first-order valence-electron chi connectivity index (χ1n) is 4.77. The molecule has 2 aromatic carbocycles. The molecule has 0 aliphatic rings. The van der Waals surface area contributed by atoms with Crippen molar-refractivity contribution < 1.29 is 0 Å². The predicted octanol–water partition coefficient (Wildman–Crippen LogP) is 4.24. The molecule has 0 aliphatic heterocycles. The van der Waals surface area contributed by atoms with Crippen molar-refractivity contribution in [2.45, 2.75) is 16.7 Å². The first-order chi connectivity index (χ1) is 7.20. The van der Waals surface area contributed by atoms with Crippen LogP contribution in [0.25, 0.3) is 11.1 Å². The summed E-state index contributed by atoms with van der Waals surface area (Å²) >= 11 is 8.87. The molecule has 0 bridgehead atoms. The van der Waals surface area contributed by atoms with Crippen LogP contribution in [-0.4, -0.2) is 0 Å². The number of thiol groups is 2. The van der Waals surface area contributed by atoms with E-state index in [-0.39, 0.29) is 0 Å². The number of hydrogen-bond donors (Lipinski definition) is 2. The van der Waals surface area contributed by atoms with Gasteiger partial charge in [-0.15, -0.1) is 25.3 Å². The maximum Gasteiger partial charge on any atom is 0.0253 e. The van der Waals surface area contributed by atoms with Crippen LogP contribution in [0.2, 0.25) is 0 Å². The molecule has 15 heavy (non-hydrogen) atoms. The molecule has 0 saturated heterocycles. The highest BCUT2D eigenvalue weighted by molar-refractivity contribution is 7.83. The Bertz CT molecular complexity index is 490. The minimum absolute atomic E-state index is 0.916. The van der Waals surface area contributed by atoms with Crippen molar-refractivity contribution in [1.29, 1.82) is 0 Å². The number of hydrogen-bond acceptors (Lipinski definition) is 2. The number of aryl methyl sites for hydroxylation is 1. The molecule has 2 heteroatoms. The van der Waals surface area contributed by atoms with Crippen LogP contribution in [0.15, 0.2) is 52.3 Å². The van der Waals surface area contributed by atoms with E-state index in [1.807, 2.05) is 24.3 Å². The SMILES string of the molecule is Cc1ccccc1-c1cccc(S)c1S. The molecule has 0 fully saturated rings. The zero-order valence-corrected chi connectivity index (χ0v) is 10.2. The molecule has 0 spiro atoms. The van der Waals surface area contributed by atoms with Crippen LogP contribution < -0.4 is 0 Å². The lowest BCUT2D eigenvalue weighted by Crippen LogP contribution is -1.85. The van der Waals surface area contributed by atoms with Gasteiger partial charge in [0, 0.05) is 9.79 Å². The fourth-order valence-corrected chi connectivity index (χ4v) is 2.10. The van der Waals surface area contributed by atoms with Gasteiger partial charge in [-0.25, -0.2) is 0 Å². The summed E-state index contributed by atoms with van der Waals surface area (Å²) in [6, 6.07) is 14.3. The molecule has 0 heterocycles. The molecule has 0 aliphatic carbocycles. The van der Waals surface area contributed by atoms with Gasteiger partial charge in [0.25, 0.3) is 0 Å². The van der Waals surface area contributed by atoms with Crippen molar-refractivity contribution in [3.05, 3.63) is 48.0 Å². The Balaban J connectivity index is 2.65. The second kappa shape index (κ2) is 4.33. The molecule has 76 valence electrons. The lowest BCUT2D eigenvalue weighted by atomic mass is 10.0.